The fourth-order valence-electron chi connectivity index (χ4n) is 2.66. The third kappa shape index (κ3) is 2.86. The minimum Gasteiger partial charge on any atom is -0.384 e. The standard InChI is InChI=1S/C15H22OS/c1-4-12-6-5-7-13(8-12)15(16)9-14(2,3)10-17-11-15/h5-8,16H,4,9-11H2,1-3H3. The predicted octanol–water partition coefficient (Wildman–Crippen LogP) is 3.60. The largest absolute Gasteiger partial charge is 0.384 e. The van der Waals surface area contributed by atoms with E-state index < -0.39 is 5.60 Å². The minimum absolute atomic E-state index is 0.222. The van der Waals surface area contributed by atoms with Crippen LogP contribution in [0, 0.1) is 5.41 Å². The molecular weight excluding hydrogens is 228 g/mol. The van der Waals surface area contributed by atoms with E-state index in [0.29, 0.717) is 0 Å². The molecule has 1 aliphatic heterocycles. The minimum atomic E-state index is -0.641. The van der Waals surface area contributed by atoms with E-state index in [1.807, 2.05) is 11.8 Å². The van der Waals surface area contributed by atoms with Crippen LogP contribution >= 0.6 is 11.8 Å². The molecule has 0 spiro atoms. The van der Waals surface area contributed by atoms with Crippen molar-refractivity contribution in [3.63, 3.8) is 0 Å². The summed E-state index contributed by atoms with van der Waals surface area (Å²) in [6.07, 6.45) is 1.89. The Labute approximate surface area is 109 Å². The highest BCUT2D eigenvalue weighted by Crippen LogP contribution is 2.44. The van der Waals surface area contributed by atoms with Gasteiger partial charge in [0, 0.05) is 5.75 Å². The van der Waals surface area contributed by atoms with Crippen molar-refractivity contribution in [1.82, 2.24) is 0 Å². The van der Waals surface area contributed by atoms with Gasteiger partial charge in [0.15, 0.2) is 0 Å². The third-order valence-electron chi connectivity index (χ3n) is 3.48. The summed E-state index contributed by atoms with van der Waals surface area (Å²) in [6, 6.07) is 8.44. The van der Waals surface area contributed by atoms with E-state index in [1.54, 1.807) is 0 Å². The average molecular weight is 250 g/mol. The Morgan fingerprint density at radius 3 is 2.71 bits per heavy atom. The first kappa shape index (κ1) is 13.0. The van der Waals surface area contributed by atoms with Gasteiger partial charge in [-0.3, -0.25) is 0 Å². The van der Waals surface area contributed by atoms with Gasteiger partial charge in [-0.2, -0.15) is 11.8 Å². The molecule has 2 heteroatoms. The van der Waals surface area contributed by atoms with Crippen LogP contribution in [-0.4, -0.2) is 16.6 Å². The van der Waals surface area contributed by atoms with Crippen LogP contribution in [-0.2, 0) is 12.0 Å². The first-order valence-corrected chi connectivity index (χ1v) is 7.50. The molecule has 0 aromatic heterocycles. The van der Waals surface area contributed by atoms with E-state index in [9.17, 15) is 5.11 Å². The van der Waals surface area contributed by atoms with Gasteiger partial charge in [0.1, 0.15) is 0 Å². The van der Waals surface area contributed by atoms with E-state index in [-0.39, 0.29) is 5.41 Å². The highest BCUT2D eigenvalue weighted by Gasteiger charge is 2.40. The molecule has 0 saturated carbocycles. The monoisotopic (exact) mass is 250 g/mol. The topological polar surface area (TPSA) is 20.2 Å². The molecule has 1 nitrogen and oxygen atoms in total. The molecule has 17 heavy (non-hydrogen) atoms. The van der Waals surface area contributed by atoms with Gasteiger partial charge in [-0.15, -0.1) is 0 Å². The summed E-state index contributed by atoms with van der Waals surface area (Å²) < 4.78 is 0. The Kier molecular flexibility index (Phi) is 3.55. The molecule has 0 amide bonds. The fourth-order valence-corrected chi connectivity index (χ4v) is 4.02. The van der Waals surface area contributed by atoms with Crippen LogP contribution < -0.4 is 0 Å². The Balaban J connectivity index is 2.30. The molecule has 1 heterocycles. The lowest BCUT2D eigenvalue weighted by atomic mass is 9.78. The predicted molar refractivity (Wildman–Crippen MR) is 75.4 cm³/mol. The van der Waals surface area contributed by atoms with Gasteiger partial charge >= 0.3 is 0 Å². The summed E-state index contributed by atoms with van der Waals surface area (Å²) in [5.74, 6) is 1.96. The summed E-state index contributed by atoms with van der Waals surface area (Å²) in [4.78, 5) is 0. The van der Waals surface area contributed by atoms with E-state index in [2.05, 4.69) is 45.0 Å². The number of rotatable bonds is 2. The smallest absolute Gasteiger partial charge is 0.0992 e. The zero-order valence-corrected chi connectivity index (χ0v) is 11.8. The molecule has 1 atom stereocenters. The second kappa shape index (κ2) is 4.66. The quantitative estimate of drug-likeness (QED) is 0.865. The molecule has 1 N–H and O–H groups in total. The van der Waals surface area contributed by atoms with E-state index in [1.165, 1.54) is 5.56 Å². The Bertz CT molecular complexity index is 400. The SMILES string of the molecule is CCc1cccc(C2(O)CSCC(C)(C)C2)c1. The van der Waals surface area contributed by atoms with Crippen LogP contribution in [0.5, 0.6) is 0 Å². The molecular formula is C15H22OS. The third-order valence-corrected chi connectivity index (χ3v) is 5.14. The molecule has 0 aliphatic carbocycles. The molecule has 1 aromatic carbocycles. The van der Waals surface area contributed by atoms with Gasteiger partial charge in [0.05, 0.1) is 5.60 Å². The zero-order chi connectivity index (χ0) is 12.5. The van der Waals surface area contributed by atoms with Gasteiger partial charge in [-0.1, -0.05) is 45.0 Å². The molecule has 1 aromatic rings. The van der Waals surface area contributed by atoms with Crippen molar-refractivity contribution < 1.29 is 5.11 Å². The van der Waals surface area contributed by atoms with Crippen LogP contribution in [0.3, 0.4) is 0 Å². The Hall–Kier alpha value is -0.470. The Morgan fingerprint density at radius 2 is 2.06 bits per heavy atom. The maximum atomic E-state index is 10.9. The van der Waals surface area contributed by atoms with Gasteiger partial charge in [-0.25, -0.2) is 0 Å². The highest BCUT2D eigenvalue weighted by molar-refractivity contribution is 7.99. The zero-order valence-electron chi connectivity index (χ0n) is 11.0. The molecule has 1 aliphatic rings. The van der Waals surface area contributed by atoms with Crippen LogP contribution in [0.15, 0.2) is 24.3 Å². The van der Waals surface area contributed by atoms with Crippen molar-refractivity contribution in [1.29, 1.82) is 0 Å². The van der Waals surface area contributed by atoms with E-state index in [4.69, 9.17) is 0 Å². The van der Waals surface area contributed by atoms with E-state index >= 15 is 0 Å². The number of hydrogen-bond donors (Lipinski definition) is 1. The summed E-state index contributed by atoms with van der Waals surface area (Å²) in [5, 5.41) is 10.9. The summed E-state index contributed by atoms with van der Waals surface area (Å²) in [6.45, 7) is 6.64. The van der Waals surface area contributed by atoms with Crippen LogP contribution in [0.25, 0.3) is 0 Å². The second-order valence-corrected chi connectivity index (χ2v) is 6.90. The highest BCUT2D eigenvalue weighted by atomic mass is 32.2. The fraction of sp³-hybridized carbons (Fsp3) is 0.600. The molecule has 2 rings (SSSR count). The maximum absolute atomic E-state index is 10.9. The van der Waals surface area contributed by atoms with Crippen molar-refractivity contribution in [3.05, 3.63) is 35.4 Å². The number of aliphatic hydroxyl groups is 1. The molecule has 0 radical (unpaired) electrons. The van der Waals surface area contributed by atoms with Crippen molar-refractivity contribution in [2.75, 3.05) is 11.5 Å². The van der Waals surface area contributed by atoms with Crippen LogP contribution in [0.2, 0.25) is 0 Å². The lowest BCUT2D eigenvalue weighted by Crippen LogP contribution is -2.40. The first-order chi connectivity index (χ1) is 7.95. The van der Waals surface area contributed by atoms with Gasteiger partial charge in [-0.05, 0) is 35.1 Å². The maximum Gasteiger partial charge on any atom is 0.0992 e. The van der Waals surface area contributed by atoms with E-state index in [0.717, 1.165) is 29.9 Å². The first-order valence-electron chi connectivity index (χ1n) is 6.35. The van der Waals surface area contributed by atoms with Gasteiger partial charge in [0.2, 0.25) is 0 Å². The number of hydrogen-bond acceptors (Lipinski definition) is 2. The number of aryl methyl sites for hydroxylation is 1. The summed E-state index contributed by atoms with van der Waals surface area (Å²) in [5.41, 5.74) is 1.98. The molecule has 1 fully saturated rings. The summed E-state index contributed by atoms with van der Waals surface area (Å²) in [7, 11) is 0. The molecule has 94 valence electrons. The molecule has 0 bridgehead atoms. The lowest BCUT2D eigenvalue weighted by molar-refractivity contribution is 0.0156. The summed E-state index contributed by atoms with van der Waals surface area (Å²) >= 11 is 1.87. The van der Waals surface area contributed by atoms with Gasteiger partial charge in [0.25, 0.3) is 0 Å². The molecule has 1 saturated heterocycles. The van der Waals surface area contributed by atoms with Crippen LogP contribution in [0.1, 0.15) is 38.3 Å². The molecule has 1 unspecified atom stereocenters. The van der Waals surface area contributed by atoms with Crippen molar-refractivity contribution in [2.24, 2.45) is 5.41 Å². The van der Waals surface area contributed by atoms with Crippen molar-refractivity contribution in [2.45, 2.75) is 39.2 Å². The van der Waals surface area contributed by atoms with Crippen molar-refractivity contribution >= 4 is 11.8 Å². The average Bonchev–Trinajstić information content (AvgIpc) is 2.27. The number of benzene rings is 1. The normalized spacial score (nSPS) is 28.0. The Morgan fingerprint density at radius 1 is 1.29 bits per heavy atom. The lowest BCUT2D eigenvalue weighted by Gasteiger charge is -2.41. The van der Waals surface area contributed by atoms with Crippen molar-refractivity contribution in [3.8, 4) is 0 Å². The second-order valence-electron chi connectivity index (χ2n) is 5.92. The van der Waals surface area contributed by atoms with Crippen LogP contribution in [0.4, 0.5) is 0 Å². The number of thioether (sulfide) groups is 1. The van der Waals surface area contributed by atoms with Gasteiger partial charge < -0.3 is 5.11 Å².